The van der Waals surface area contributed by atoms with Crippen molar-refractivity contribution in [3.63, 3.8) is 0 Å². The summed E-state index contributed by atoms with van der Waals surface area (Å²) in [5.41, 5.74) is 0.0994. The number of hydrogen-bond donors (Lipinski definition) is 1. The maximum absolute atomic E-state index is 10.5. The monoisotopic (exact) mass is 200 g/mol. The van der Waals surface area contributed by atoms with Gasteiger partial charge >= 0.3 is 0 Å². The molecule has 0 aromatic carbocycles. The molecule has 0 amide bonds. The molecule has 0 aliphatic rings. The zero-order chi connectivity index (χ0) is 9.84. The Bertz CT molecular complexity index is 346. The molecule has 0 aliphatic heterocycles. The van der Waals surface area contributed by atoms with E-state index in [1.807, 2.05) is 6.92 Å². The van der Waals surface area contributed by atoms with Crippen LogP contribution in [0.15, 0.2) is 11.2 Å². The lowest BCUT2D eigenvalue weighted by Crippen LogP contribution is -1.88. The Morgan fingerprint density at radius 1 is 1.85 bits per heavy atom. The fourth-order valence-corrected chi connectivity index (χ4v) is 1.90. The number of rotatable bonds is 3. The first-order valence-electron chi connectivity index (χ1n) is 3.63. The van der Waals surface area contributed by atoms with Crippen molar-refractivity contribution in [1.82, 2.24) is 0 Å². The molecule has 0 fully saturated rings. The second-order valence-electron chi connectivity index (χ2n) is 2.31. The quantitative estimate of drug-likeness (QED) is 0.351. The van der Waals surface area contributed by atoms with Crippen molar-refractivity contribution in [1.29, 1.82) is 0 Å². The minimum Gasteiger partial charge on any atom is -0.411 e. The smallest absolute Gasteiger partial charge is 0.283 e. The van der Waals surface area contributed by atoms with Crippen molar-refractivity contribution >= 4 is 23.2 Å². The van der Waals surface area contributed by atoms with Crippen molar-refractivity contribution in [2.45, 2.75) is 13.3 Å². The van der Waals surface area contributed by atoms with E-state index in [0.29, 0.717) is 16.2 Å². The molecule has 0 bridgehead atoms. The highest BCUT2D eigenvalue weighted by molar-refractivity contribution is 7.14. The summed E-state index contributed by atoms with van der Waals surface area (Å²) in [5, 5.41) is 21.6. The Morgan fingerprint density at radius 2 is 2.54 bits per heavy atom. The Labute approximate surface area is 78.5 Å². The van der Waals surface area contributed by atoms with E-state index in [4.69, 9.17) is 5.21 Å². The summed E-state index contributed by atoms with van der Waals surface area (Å²) in [5.74, 6) is 0. The van der Waals surface area contributed by atoms with E-state index in [0.717, 1.165) is 0 Å². The second-order valence-corrected chi connectivity index (χ2v) is 3.48. The summed E-state index contributed by atoms with van der Waals surface area (Å²) < 4.78 is 0. The topological polar surface area (TPSA) is 75.7 Å². The van der Waals surface area contributed by atoms with E-state index in [2.05, 4.69) is 5.16 Å². The summed E-state index contributed by atoms with van der Waals surface area (Å²) >= 11 is 1.26. The van der Waals surface area contributed by atoms with Crippen molar-refractivity contribution in [3.05, 3.63) is 25.9 Å². The third-order valence-corrected chi connectivity index (χ3v) is 2.71. The maximum atomic E-state index is 10.5. The number of nitrogens with zero attached hydrogens (tertiary/aromatic N) is 2. The van der Waals surface area contributed by atoms with Crippen LogP contribution in [0, 0.1) is 10.1 Å². The SMILES string of the molecule is CCc1sc(/C=N/O)cc1[N+](=O)[O-]. The summed E-state index contributed by atoms with van der Waals surface area (Å²) in [4.78, 5) is 11.4. The molecule has 0 saturated heterocycles. The van der Waals surface area contributed by atoms with Gasteiger partial charge in [-0.2, -0.15) is 0 Å². The van der Waals surface area contributed by atoms with Gasteiger partial charge in [0.15, 0.2) is 0 Å². The molecule has 0 spiro atoms. The number of oxime groups is 1. The van der Waals surface area contributed by atoms with Gasteiger partial charge in [0, 0.05) is 6.07 Å². The van der Waals surface area contributed by atoms with E-state index in [9.17, 15) is 10.1 Å². The van der Waals surface area contributed by atoms with Gasteiger partial charge in [-0.05, 0) is 6.42 Å². The third-order valence-electron chi connectivity index (χ3n) is 1.51. The highest BCUT2D eigenvalue weighted by Gasteiger charge is 2.16. The maximum Gasteiger partial charge on any atom is 0.283 e. The molecule has 70 valence electrons. The van der Waals surface area contributed by atoms with Gasteiger partial charge in [0.2, 0.25) is 0 Å². The van der Waals surface area contributed by atoms with Crippen LogP contribution < -0.4 is 0 Å². The van der Waals surface area contributed by atoms with Gasteiger partial charge in [-0.3, -0.25) is 10.1 Å². The predicted octanol–water partition coefficient (Wildman–Crippen LogP) is 2.03. The summed E-state index contributed by atoms with van der Waals surface area (Å²) in [7, 11) is 0. The lowest BCUT2D eigenvalue weighted by molar-refractivity contribution is -0.385. The standard InChI is InChI=1S/C7H8N2O3S/c1-2-7-6(9(11)12)3-5(13-7)4-8-10/h3-4,10H,2H2,1H3/b8-4+. The van der Waals surface area contributed by atoms with Gasteiger partial charge < -0.3 is 5.21 Å². The molecule has 1 heterocycles. The molecule has 5 nitrogen and oxygen atoms in total. The lowest BCUT2D eigenvalue weighted by Gasteiger charge is -1.87. The fourth-order valence-electron chi connectivity index (χ4n) is 0.968. The van der Waals surface area contributed by atoms with Crippen LogP contribution in [-0.2, 0) is 6.42 Å². The highest BCUT2D eigenvalue weighted by Crippen LogP contribution is 2.28. The van der Waals surface area contributed by atoms with Crippen LogP contribution in [0.4, 0.5) is 5.69 Å². The number of hydrogen-bond acceptors (Lipinski definition) is 5. The summed E-state index contributed by atoms with van der Waals surface area (Å²) in [6.07, 6.45) is 1.80. The van der Waals surface area contributed by atoms with E-state index >= 15 is 0 Å². The molecule has 0 atom stereocenters. The van der Waals surface area contributed by atoms with Crippen LogP contribution in [0.2, 0.25) is 0 Å². The Kier molecular flexibility index (Phi) is 2.97. The molecule has 1 aromatic rings. The van der Waals surface area contributed by atoms with Gasteiger partial charge in [0.05, 0.1) is 20.9 Å². The zero-order valence-electron chi connectivity index (χ0n) is 6.93. The van der Waals surface area contributed by atoms with Crippen LogP contribution in [-0.4, -0.2) is 16.3 Å². The Morgan fingerprint density at radius 3 is 2.92 bits per heavy atom. The zero-order valence-corrected chi connectivity index (χ0v) is 7.74. The first-order valence-corrected chi connectivity index (χ1v) is 4.45. The molecule has 13 heavy (non-hydrogen) atoms. The number of aryl methyl sites for hydroxylation is 1. The minimum atomic E-state index is -0.427. The summed E-state index contributed by atoms with van der Waals surface area (Å²) in [6.45, 7) is 1.85. The van der Waals surface area contributed by atoms with Gasteiger partial charge in [-0.25, -0.2) is 0 Å². The number of thiophene rings is 1. The lowest BCUT2D eigenvalue weighted by atomic mass is 10.3. The normalized spacial score (nSPS) is 10.8. The van der Waals surface area contributed by atoms with Crippen LogP contribution in [0.3, 0.4) is 0 Å². The summed E-state index contributed by atoms with van der Waals surface area (Å²) in [6, 6.07) is 1.41. The van der Waals surface area contributed by atoms with Crippen LogP contribution in [0.5, 0.6) is 0 Å². The molecular weight excluding hydrogens is 192 g/mol. The minimum absolute atomic E-state index is 0.0994. The fraction of sp³-hybridized carbons (Fsp3) is 0.286. The van der Waals surface area contributed by atoms with Gasteiger partial charge in [-0.1, -0.05) is 12.1 Å². The number of nitro groups is 1. The molecule has 0 unspecified atom stereocenters. The van der Waals surface area contributed by atoms with Gasteiger partial charge in [-0.15, -0.1) is 11.3 Å². The molecule has 1 aromatic heterocycles. The van der Waals surface area contributed by atoms with Crippen LogP contribution >= 0.6 is 11.3 Å². The molecular formula is C7H8N2O3S. The van der Waals surface area contributed by atoms with Crippen molar-refractivity contribution in [2.24, 2.45) is 5.16 Å². The van der Waals surface area contributed by atoms with Crippen molar-refractivity contribution < 1.29 is 10.1 Å². The molecule has 0 saturated carbocycles. The Balaban J connectivity index is 3.11. The Hall–Kier alpha value is -1.43. The van der Waals surface area contributed by atoms with E-state index in [1.165, 1.54) is 23.6 Å². The molecule has 1 rings (SSSR count). The van der Waals surface area contributed by atoms with E-state index < -0.39 is 4.92 Å². The van der Waals surface area contributed by atoms with E-state index in [-0.39, 0.29) is 5.69 Å². The van der Waals surface area contributed by atoms with Crippen molar-refractivity contribution in [2.75, 3.05) is 0 Å². The molecule has 1 N–H and O–H groups in total. The molecule has 0 aliphatic carbocycles. The average molecular weight is 200 g/mol. The van der Waals surface area contributed by atoms with Crippen LogP contribution in [0.1, 0.15) is 16.7 Å². The molecule has 0 radical (unpaired) electrons. The predicted molar refractivity (Wildman–Crippen MR) is 49.7 cm³/mol. The third kappa shape index (κ3) is 2.03. The second kappa shape index (κ2) is 3.99. The van der Waals surface area contributed by atoms with Crippen molar-refractivity contribution in [3.8, 4) is 0 Å². The first kappa shape index (κ1) is 9.66. The van der Waals surface area contributed by atoms with Crippen LogP contribution in [0.25, 0.3) is 0 Å². The molecule has 6 heteroatoms. The first-order chi connectivity index (χ1) is 6.19. The van der Waals surface area contributed by atoms with E-state index in [1.54, 1.807) is 0 Å². The largest absolute Gasteiger partial charge is 0.411 e. The van der Waals surface area contributed by atoms with Gasteiger partial charge in [0.1, 0.15) is 0 Å². The average Bonchev–Trinajstić information content (AvgIpc) is 2.48. The highest BCUT2D eigenvalue weighted by atomic mass is 32.1. The van der Waals surface area contributed by atoms with Gasteiger partial charge in [0.25, 0.3) is 5.69 Å².